The molecule has 0 aliphatic heterocycles. The third kappa shape index (κ3) is 3.08. The molecule has 0 atom stereocenters. The molecule has 0 aliphatic carbocycles. The highest BCUT2D eigenvalue weighted by molar-refractivity contribution is 5.64. The second kappa shape index (κ2) is 5.75. The molecule has 4 nitrogen and oxygen atoms in total. The number of aromatic nitrogens is 2. The second-order valence-corrected chi connectivity index (χ2v) is 4.76. The van der Waals surface area contributed by atoms with Gasteiger partial charge in [-0.2, -0.15) is 0 Å². The van der Waals surface area contributed by atoms with E-state index in [1.165, 1.54) is 18.5 Å². The minimum absolute atomic E-state index is 0.231. The highest BCUT2D eigenvalue weighted by atomic mass is 19.1. The lowest BCUT2D eigenvalue weighted by Crippen LogP contribution is -2.01. The van der Waals surface area contributed by atoms with Crippen LogP contribution in [0.2, 0.25) is 0 Å². The van der Waals surface area contributed by atoms with Crippen LogP contribution in [-0.2, 0) is 6.54 Å². The monoisotopic (exact) mass is 283 g/mol. The fourth-order valence-electron chi connectivity index (χ4n) is 2.09. The minimum Gasteiger partial charge on any atom is -0.423 e. The van der Waals surface area contributed by atoms with Gasteiger partial charge in [-0.15, -0.1) is 10.2 Å². The molecule has 0 saturated carbocycles. The summed E-state index contributed by atoms with van der Waals surface area (Å²) >= 11 is 0. The molecule has 0 spiro atoms. The molecule has 0 radical (unpaired) electrons. The zero-order valence-electron chi connectivity index (χ0n) is 11.5. The SMILES string of the molecule is Cc1ccc(-c2nnco2)cc1NCc1cccc(F)c1. The third-order valence-electron chi connectivity index (χ3n) is 3.22. The number of nitrogens with one attached hydrogen (secondary N) is 1. The normalized spacial score (nSPS) is 10.6. The lowest BCUT2D eigenvalue weighted by molar-refractivity contribution is 0.568. The van der Waals surface area contributed by atoms with Gasteiger partial charge in [-0.1, -0.05) is 18.2 Å². The molecule has 0 aliphatic rings. The van der Waals surface area contributed by atoms with Crippen molar-refractivity contribution >= 4 is 5.69 Å². The summed E-state index contributed by atoms with van der Waals surface area (Å²) in [4.78, 5) is 0. The van der Waals surface area contributed by atoms with Gasteiger partial charge in [0.25, 0.3) is 0 Å². The number of hydrogen-bond donors (Lipinski definition) is 1. The van der Waals surface area contributed by atoms with E-state index in [-0.39, 0.29) is 5.82 Å². The summed E-state index contributed by atoms with van der Waals surface area (Å²) in [5.41, 5.74) is 3.78. The van der Waals surface area contributed by atoms with Crippen LogP contribution in [0, 0.1) is 12.7 Å². The number of halogens is 1. The molecule has 0 bridgehead atoms. The van der Waals surface area contributed by atoms with Crippen LogP contribution in [0.1, 0.15) is 11.1 Å². The summed E-state index contributed by atoms with van der Waals surface area (Å²) in [5, 5.41) is 10.9. The molecule has 1 heterocycles. The van der Waals surface area contributed by atoms with E-state index in [0.717, 1.165) is 22.4 Å². The Balaban J connectivity index is 1.80. The molecule has 2 aromatic carbocycles. The van der Waals surface area contributed by atoms with Crippen LogP contribution in [0.3, 0.4) is 0 Å². The van der Waals surface area contributed by atoms with Gasteiger partial charge in [0.15, 0.2) is 0 Å². The summed E-state index contributed by atoms with van der Waals surface area (Å²) < 4.78 is 18.4. The molecule has 0 saturated heterocycles. The highest BCUT2D eigenvalue weighted by Crippen LogP contribution is 2.24. The summed E-state index contributed by atoms with van der Waals surface area (Å²) in [5.74, 6) is 0.245. The number of benzene rings is 2. The molecule has 1 N–H and O–H groups in total. The summed E-state index contributed by atoms with van der Waals surface area (Å²) in [7, 11) is 0. The maximum Gasteiger partial charge on any atom is 0.247 e. The van der Waals surface area contributed by atoms with Gasteiger partial charge in [0.05, 0.1) is 0 Å². The molecule has 1 aromatic heterocycles. The first-order valence-corrected chi connectivity index (χ1v) is 6.58. The van der Waals surface area contributed by atoms with E-state index in [1.54, 1.807) is 6.07 Å². The molecule has 3 rings (SSSR count). The number of nitrogens with zero attached hydrogens (tertiary/aromatic N) is 2. The Morgan fingerprint density at radius 1 is 1.19 bits per heavy atom. The van der Waals surface area contributed by atoms with E-state index in [2.05, 4.69) is 15.5 Å². The first-order valence-electron chi connectivity index (χ1n) is 6.58. The minimum atomic E-state index is -0.231. The van der Waals surface area contributed by atoms with Crippen molar-refractivity contribution in [3.63, 3.8) is 0 Å². The Morgan fingerprint density at radius 3 is 2.86 bits per heavy atom. The quantitative estimate of drug-likeness (QED) is 0.791. The molecule has 106 valence electrons. The summed E-state index contributed by atoms with van der Waals surface area (Å²) in [6.07, 6.45) is 1.30. The van der Waals surface area contributed by atoms with Gasteiger partial charge in [-0.25, -0.2) is 4.39 Å². The van der Waals surface area contributed by atoms with Crippen LogP contribution in [0.5, 0.6) is 0 Å². The van der Waals surface area contributed by atoms with E-state index in [4.69, 9.17) is 4.42 Å². The first kappa shape index (κ1) is 13.3. The number of rotatable bonds is 4. The van der Waals surface area contributed by atoms with Gasteiger partial charge in [-0.05, 0) is 42.3 Å². The largest absolute Gasteiger partial charge is 0.423 e. The average Bonchev–Trinajstić information content (AvgIpc) is 3.01. The Morgan fingerprint density at radius 2 is 2.10 bits per heavy atom. The standard InChI is InChI=1S/C16H14FN3O/c1-11-5-6-13(16-20-19-10-21-16)8-15(11)18-9-12-3-2-4-14(17)7-12/h2-8,10,18H,9H2,1H3. The molecule has 5 heteroatoms. The molecule has 3 aromatic rings. The van der Waals surface area contributed by atoms with Crippen molar-refractivity contribution < 1.29 is 8.81 Å². The smallest absolute Gasteiger partial charge is 0.247 e. The Hall–Kier alpha value is -2.69. The van der Waals surface area contributed by atoms with E-state index in [0.29, 0.717) is 12.4 Å². The van der Waals surface area contributed by atoms with Gasteiger partial charge >= 0.3 is 0 Å². The number of aryl methyl sites for hydroxylation is 1. The van der Waals surface area contributed by atoms with Crippen molar-refractivity contribution in [3.05, 3.63) is 65.8 Å². The second-order valence-electron chi connectivity index (χ2n) is 4.76. The maximum absolute atomic E-state index is 13.2. The molecule has 0 amide bonds. The van der Waals surface area contributed by atoms with E-state index >= 15 is 0 Å². The van der Waals surface area contributed by atoms with Crippen LogP contribution < -0.4 is 5.32 Å². The van der Waals surface area contributed by atoms with Crippen LogP contribution in [0.25, 0.3) is 11.5 Å². The van der Waals surface area contributed by atoms with Gasteiger partial charge in [0, 0.05) is 17.8 Å². The van der Waals surface area contributed by atoms with Crippen molar-refractivity contribution in [2.45, 2.75) is 13.5 Å². The van der Waals surface area contributed by atoms with Gasteiger partial charge in [0.1, 0.15) is 5.82 Å². The molecule has 0 unspecified atom stereocenters. The van der Waals surface area contributed by atoms with Gasteiger partial charge in [-0.3, -0.25) is 0 Å². The zero-order chi connectivity index (χ0) is 14.7. The van der Waals surface area contributed by atoms with E-state index < -0.39 is 0 Å². The van der Waals surface area contributed by atoms with Crippen molar-refractivity contribution in [1.29, 1.82) is 0 Å². The van der Waals surface area contributed by atoms with E-state index in [9.17, 15) is 4.39 Å². The molecule has 0 fully saturated rings. The summed E-state index contributed by atoms with van der Waals surface area (Å²) in [6.45, 7) is 2.55. The molecular formula is C16H14FN3O. The Labute approximate surface area is 121 Å². The van der Waals surface area contributed by atoms with Crippen LogP contribution in [0.4, 0.5) is 10.1 Å². The van der Waals surface area contributed by atoms with Gasteiger partial charge in [0.2, 0.25) is 12.3 Å². The van der Waals surface area contributed by atoms with Crippen LogP contribution in [-0.4, -0.2) is 10.2 Å². The van der Waals surface area contributed by atoms with Crippen molar-refractivity contribution in [2.24, 2.45) is 0 Å². The lowest BCUT2D eigenvalue weighted by Gasteiger charge is -2.10. The van der Waals surface area contributed by atoms with Crippen molar-refractivity contribution in [3.8, 4) is 11.5 Å². The first-order chi connectivity index (χ1) is 10.2. The van der Waals surface area contributed by atoms with Gasteiger partial charge < -0.3 is 9.73 Å². The Bertz CT molecular complexity index is 741. The summed E-state index contributed by atoms with van der Waals surface area (Å²) in [6, 6.07) is 12.4. The number of hydrogen-bond acceptors (Lipinski definition) is 4. The van der Waals surface area contributed by atoms with Crippen LogP contribution in [0.15, 0.2) is 53.3 Å². The van der Waals surface area contributed by atoms with Crippen LogP contribution >= 0.6 is 0 Å². The predicted molar refractivity (Wildman–Crippen MR) is 78.2 cm³/mol. The van der Waals surface area contributed by atoms with Crippen molar-refractivity contribution in [1.82, 2.24) is 10.2 Å². The highest BCUT2D eigenvalue weighted by Gasteiger charge is 2.06. The Kier molecular flexibility index (Phi) is 3.64. The topological polar surface area (TPSA) is 51.0 Å². The predicted octanol–water partition coefficient (Wildman–Crippen LogP) is 3.80. The maximum atomic E-state index is 13.2. The lowest BCUT2D eigenvalue weighted by atomic mass is 10.1. The zero-order valence-corrected chi connectivity index (χ0v) is 11.5. The molecular weight excluding hydrogens is 269 g/mol. The molecule has 21 heavy (non-hydrogen) atoms. The fourth-order valence-corrected chi connectivity index (χ4v) is 2.09. The third-order valence-corrected chi connectivity index (χ3v) is 3.22. The van der Waals surface area contributed by atoms with Crippen molar-refractivity contribution in [2.75, 3.05) is 5.32 Å². The average molecular weight is 283 g/mol. The van der Waals surface area contributed by atoms with E-state index in [1.807, 2.05) is 31.2 Å². The number of anilines is 1. The fraction of sp³-hybridized carbons (Fsp3) is 0.125.